The quantitative estimate of drug-likeness (QED) is 0.705. The fraction of sp³-hybridized carbons (Fsp3) is 0.846. The molecule has 0 radical (unpaired) electrons. The number of nitrogens with one attached hydrogen (secondary N) is 2. The summed E-state index contributed by atoms with van der Waals surface area (Å²) >= 11 is 0. The Balaban J connectivity index is 2.60. The van der Waals surface area contributed by atoms with E-state index in [0.29, 0.717) is 26.1 Å². The summed E-state index contributed by atoms with van der Waals surface area (Å²) in [5.41, 5.74) is -1.18. The molecular formula is C13H24N2O4. The highest BCUT2D eigenvalue weighted by Gasteiger charge is 2.37. The van der Waals surface area contributed by atoms with E-state index in [1.54, 1.807) is 13.8 Å². The van der Waals surface area contributed by atoms with Gasteiger partial charge < -0.3 is 20.5 Å². The van der Waals surface area contributed by atoms with Crippen molar-refractivity contribution in [2.75, 3.05) is 13.2 Å². The van der Waals surface area contributed by atoms with E-state index in [-0.39, 0.29) is 12.0 Å². The third-order valence-electron chi connectivity index (χ3n) is 3.93. The van der Waals surface area contributed by atoms with Gasteiger partial charge in [-0.15, -0.1) is 0 Å². The van der Waals surface area contributed by atoms with Gasteiger partial charge in [-0.05, 0) is 25.2 Å². The van der Waals surface area contributed by atoms with Gasteiger partial charge in [-0.3, -0.25) is 0 Å². The lowest BCUT2D eigenvalue weighted by Gasteiger charge is -2.32. The molecule has 0 aromatic rings. The van der Waals surface area contributed by atoms with Gasteiger partial charge in [0.25, 0.3) is 0 Å². The molecule has 0 bridgehead atoms. The number of carbonyl (C=O) groups excluding carboxylic acids is 1. The number of hydrogen-bond acceptors (Lipinski definition) is 3. The maximum atomic E-state index is 12.0. The highest BCUT2D eigenvalue weighted by molar-refractivity contribution is 5.86. The maximum absolute atomic E-state index is 12.0. The SMILES string of the molecule is CCC(CC)(NC(=O)NC1CCOCC1C)C(=O)O. The molecule has 0 spiro atoms. The topological polar surface area (TPSA) is 87.7 Å². The highest BCUT2D eigenvalue weighted by Crippen LogP contribution is 2.17. The van der Waals surface area contributed by atoms with Crippen LogP contribution in [0.1, 0.15) is 40.0 Å². The highest BCUT2D eigenvalue weighted by atomic mass is 16.5. The fourth-order valence-corrected chi connectivity index (χ4v) is 2.30. The monoisotopic (exact) mass is 272 g/mol. The largest absolute Gasteiger partial charge is 0.480 e. The Labute approximate surface area is 113 Å². The third-order valence-corrected chi connectivity index (χ3v) is 3.93. The molecule has 1 fully saturated rings. The lowest BCUT2D eigenvalue weighted by Crippen LogP contribution is -2.59. The lowest BCUT2D eigenvalue weighted by molar-refractivity contribution is -0.144. The van der Waals surface area contributed by atoms with Gasteiger partial charge in [0, 0.05) is 12.6 Å². The fourth-order valence-electron chi connectivity index (χ4n) is 2.30. The molecule has 6 heteroatoms. The molecule has 3 N–H and O–H groups in total. The summed E-state index contributed by atoms with van der Waals surface area (Å²) in [7, 11) is 0. The van der Waals surface area contributed by atoms with Gasteiger partial charge in [-0.25, -0.2) is 9.59 Å². The van der Waals surface area contributed by atoms with Gasteiger partial charge >= 0.3 is 12.0 Å². The number of carboxylic acids is 1. The first-order valence-electron chi connectivity index (χ1n) is 6.85. The molecule has 1 rings (SSSR count). The van der Waals surface area contributed by atoms with Crippen molar-refractivity contribution < 1.29 is 19.4 Å². The summed E-state index contributed by atoms with van der Waals surface area (Å²) in [6.45, 7) is 6.77. The number of carbonyl (C=O) groups is 2. The van der Waals surface area contributed by atoms with E-state index in [9.17, 15) is 14.7 Å². The van der Waals surface area contributed by atoms with E-state index in [0.717, 1.165) is 6.42 Å². The van der Waals surface area contributed by atoms with E-state index >= 15 is 0 Å². The van der Waals surface area contributed by atoms with Crippen LogP contribution in [0.25, 0.3) is 0 Å². The van der Waals surface area contributed by atoms with Crippen molar-refractivity contribution in [3.63, 3.8) is 0 Å². The van der Waals surface area contributed by atoms with Crippen molar-refractivity contribution in [2.45, 2.75) is 51.6 Å². The van der Waals surface area contributed by atoms with Gasteiger partial charge in [0.05, 0.1) is 6.61 Å². The second-order valence-electron chi connectivity index (χ2n) is 5.14. The van der Waals surface area contributed by atoms with Crippen molar-refractivity contribution in [2.24, 2.45) is 5.92 Å². The minimum atomic E-state index is -1.18. The molecule has 19 heavy (non-hydrogen) atoms. The summed E-state index contributed by atoms with van der Waals surface area (Å²) in [5, 5.41) is 14.7. The van der Waals surface area contributed by atoms with E-state index in [1.165, 1.54) is 0 Å². The van der Waals surface area contributed by atoms with Crippen LogP contribution in [0.4, 0.5) is 4.79 Å². The first kappa shape index (κ1) is 15.8. The summed E-state index contributed by atoms with van der Waals surface area (Å²) in [5.74, 6) is -0.755. The molecule has 1 saturated heterocycles. The molecular weight excluding hydrogens is 248 g/mol. The summed E-state index contributed by atoms with van der Waals surface area (Å²) in [4.78, 5) is 23.3. The molecule has 1 heterocycles. The Morgan fingerprint density at radius 2 is 2.00 bits per heavy atom. The Hall–Kier alpha value is -1.30. The van der Waals surface area contributed by atoms with Crippen molar-refractivity contribution >= 4 is 12.0 Å². The number of urea groups is 1. The molecule has 0 saturated carbocycles. The van der Waals surface area contributed by atoms with Gasteiger partial charge in [-0.2, -0.15) is 0 Å². The van der Waals surface area contributed by atoms with Crippen molar-refractivity contribution in [1.29, 1.82) is 0 Å². The molecule has 2 atom stereocenters. The maximum Gasteiger partial charge on any atom is 0.329 e. The smallest absolute Gasteiger partial charge is 0.329 e. The minimum Gasteiger partial charge on any atom is -0.480 e. The van der Waals surface area contributed by atoms with Crippen molar-refractivity contribution in [3.05, 3.63) is 0 Å². The molecule has 6 nitrogen and oxygen atoms in total. The second kappa shape index (κ2) is 6.75. The van der Waals surface area contributed by atoms with E-state index in [1.807, 2.05) is 6.92 Å². The van der Waals surface area contributed by atoms with Crippen molar-refractivity contribution in [3.8, 4) is 0 Å². The Morgan fingerprint density at radius 1 is 1.37 bits per heavy atom. The predicted octanol–water partition coefficient (Wildman–Crippen LogP) is 1.35. The first-order chi connectivity index (χ1) is 8.95. The summed E-state index contributed by atoms with van der Waals surface area (Å²) < 4.78 is 5.31. The third kappa shape index (κ3) is 3.83. The van der Waals surface area contributed by atoms with Crippen LogP contribution in [0.5, 0.6) is 0 Å². The van der Waals surface area contributed by atoms with Gasteiger partial charge in [-0.1, -0.05) is 20.8 Å². The standard InChI is InChI=1S/C13H24N2O4/c1-4-13(5-2,11(16)17)15-12(18)14-10-6-7-19-8-9(10)3/h9-10H,4-8H2,1-3H3,(H,16,17)(H2,14,15,18). The summed E-state index contributed by atoms with van der Waals surface area (Å²) in [6, 6.07) is -0.376. The zero-order valence-corrected chi connectivity index (χ0v) is 11.9. The molecule has 1 aliphatic rings. The first-order valence-corrected chi connectivity index (χ1v) is 6.85. The molecule has 0 aromatic heterocycles. The Morgan fingerprint density at radius 3 is 2.47 bits per heavy atom. The number of hydrogen-bond donors (Lipinski definition) is 3. The lowest BCUT2D eigenvalue weighted by atomic mass is 9.93. The normalized spacial score (nSPS) is 23.7. The molecule has 1 aliphatic heterocycles. The van der Waals surface area contributed by atoms with E-state index < -0.39 is 17.5 Å². The average Bonchev–Trinajstić information content (AvgIpc) is 2.38. The second-order valence-corrected chi connectivity index (χ2v) is 5.14. The van der Waals surface area contributed by atoms with Gasteiger partial charge in [0.15, 0.2) is 0 Å². The van der Waals surface area contributed by atoms with Crippen LogP contribution in [0.15, 0.2) is 0 Å². The molecule has 2 unspecified atom stereocenters. The Kier molecular flexibility index (Phi) is 5.60. The molecule has 110 valence electrons. The van der Waals surface area contributed by atoms with Crippen LogP contribution in [-0.2, 0) is 9.53 Å². The van der Waals surface area contributed by atoms with Crippen LogP contribution in [0.2, 0.25) is 0 Å². The van der Waals surface area contributed by atoms with Crippen LogP contribution in [-0.4, -0.2) is 41.9 Å². The van der Waals surface area contributed by atoms with Gasteiger partial charge in [0.1, 0.15) is 5.54 Å². The molecule has 0 aliphatic carbocycles. The zero-order valence-electron chi connectivity index (χ0n) is 11.9. The van der Waals surface area contributed by atoms with E-state index in [2.05, 4.69) is 10.6 Å². The number of amides is 2. The zero-order chi connectivity index (χ0) is 14.5. The van der Waals surface area contributed by atoms with Crippen LogP contribution in [0, 0.1) is 5.92 Å². The average molecular weight is 272 g/mol. The van der Waals surface area contributed by atoms with Crippen LogP contribution >= 0.6 is 0 Å². The van der Waals surface area contributed by atoms with Crippen LogP contribution < -0.4 is 10.6 Å². The number of aliphatic carboxylic acids is 1. The van der Waals surface area contributed by atoms with Gasteiger partial charge in [0.2, 0.25) is 0 Å². The molecule has 2 amide bonds. The van der Waals surface area contributed by atoms with Crippen LogP contribution in [0.3, 0.4) is 0 Å². The Bertz CT molecular complexity index is 329. The predicted molar refractivity (Wildman–Crippen MR) is 71.0 cm³/mol. The molecule has 0 aromatic carbocycles. The number of rotatable bonds is 5. The van der Waals surface area contributed by atoms with Crippen molar-refractivity contribution in [1.82, 2.24) is 10.6 Å². The number of carboxylic acid groups (broad SMARTS) is 1. The minimum absolute atomic E-state index is 0.0361. The van der Waals surface area contributed by atoms with E-state index in [4.69, 9.17) is 4.74 Å². The number of ether oxygens (including phenoxy) is 1. The summed E-state index contributed by atoms with van der Waals surface area (Å²) in [6.07, 6.45) is 1.47.